The van der Waals surface area contributed by atoms with Gasteiger partial charge in [0.2, 0.25) is 0 Å². The van der Waals surface area contributed by atoms with Gasteiger partial charge in [-0.3, -0.25) is 4.79 Å². The number of carbonyl (C=O) groups is 1. The maximum atomic E-state index is 10.6. The zero-order chi connectivity index (χ0) is 9.42. The molecular formula is C9H7NO3. The molecule has 0 radical (unpaired) electrons. The molecule has 66 valence electrons. The quantitative estimate of drug-likeness (QED) is 0.672. The van der Waals surface area contributed by atoms with Gasteiger partial charge in [0.25, 0.3) is 0 Å². The van der Waals surface area contributed by atoms with Crippen LogP contribution >= 0.6 is 0 Å². The van der Waals surface area contributed by atoms with Gasteiger partial charge < -0.3 is 9.63 Å². The van der Waals surface area contributed by atoms with Crippen LogP contribution in [-0.2, 0) is 0 Å². The van der Waals surface area contributed by atoms with Gasteiger partial charge in [0.05, 0.1) is 5.56 Å². The molecule has 4 nitrogen and oxygen atoms in total. The van der Waals surface area contributed by atoms with Crippen molar-refractivity contribution in [2.45, 2.75) is 6.92 Å². The van der Waals surface area contributed by atoms with Gasteiger partial charge in [0.15, 0.2) is 6.29 Å². The van der Waals surface area contributed by atoms with E-state index in [0.29, 0.717) is 17.6 Å². The minimum Gasteiger partial charge on any atom is -0.507 e. The van der Waals surface area contributed by atoms with Gasteiger partial charge in [-0.1, -0.05) is 5.16 Å². The summed E-state index contributed by atoms with van der Waals surface area (Å²) in [5.74, 6) is 0.564. The predicted molar refractivity (Wildman–Crippen MR) is 45.8 cm³/mol. The highest BCUT2D eigenvalue weighted by Crippen LogP contribution is 2.26. The van der Waals surface area contributed by atoms with E-state index in [4.69, 9.17) is 4.52 Å². The van der Waals surface area contributed by atoms with Crippen molar-refractivity contribution in [2.24, 2.45) is 0 Å². The van der Waals surface area contributed by atoms with Crippen LogP contribution in [0.5, 0.6) is 5.75 Å². The van der Waals surface area contributed by atoms with Gasteiger partial charge in [-0.05, 0) is 19.1 Å². The molecule has 0 unspecified atom stereocenters. The number of aldehydes is 1. The molecule has 1 aromatic heterocycles. The molecule has 4 heteroatoms. The molecule has 0 saturated heterocycles. The number of aromatic nitrogens is 1. The summed E-state index contributed by atoms with van der Waals surface area (Å²) in [6, 6.07) is 3.12. The summed E-state index contributed by atoms with van der Waals surface area (Å²) >= 11 is 0. The molecular weight excluding hydrogens is 170 g/mol. The number of phenolic OH excluding ortho intramolecular Hbond substituents is 1. The number of hydrogen-bond donors (Lipinski definition) is 1. The molecule has 0 amide bonds. The molecule has 0 bridgehead atoms. The first kappa shape index (κ1) is 7.79. The number of aryl methyl sites for hydroxylation is 1. The van der Waals surface area contributed by atoms with E-state index in [-0.39, 0.29) is 11.3 Å². The molecule has 0 aliphatic rings. The Kier molecular flexibility index (Phi) is 1.55. The van der Waals surface area contributed by atoms with Crippen LogP contribution in [-0.4, -0.2) is 16.5 Å². The fraction of sp³-hybridized carbons (Fsp3) is 0.111. The van der Waals surface area contributed by atoms with Crippen LogP contribution in [0.3, 0.4) is 0 Å². The number of phenols is 1. The molecule has 1 aromatic carbocycles. The Morgan fingerprint density at radius 1 is 1.54 bits per heavy atom. The van der Waals surface area contributed by atoms with Crippen molar-refractivity contribution in [2.75, 3.05) is 0 Å². The normalized spacial score (nSPS) is 10.5. The third kappa shape index (κ3) is 0.989. The second-order valence-corrected chi connectivity index (χ2v) is 2.75. The molecule has 0 atom stereocenters. The molecule has 0 fully saturated rings. The van der Waals surface area contributed by atoms with E-state index in [1.54, 1.807) is 13.0 Å². The topological polar surface area (TPSA) is 63.3 Å². The fourth-order valence-corrected chi connectivity index (χ4v) is 1.26. The Morgan fingerprint density at radius 2 is 2.31 bits per heavy atom. The molecule has 0 saturated carbocycles. The molecule has 2 rings (SSSR count). The lowest BCUT2D eigenvalue weighted by Crippen LogP contribution is -1.83. The Balaban J connectivity index is 2.92. The van der Waals surface area contributed by atoms with Gasteiger partial charge in [0, 0.05) is 5.39 Å². The monoisotopic (exact) mass is 177 g/mol. The number of benzene rings is 1. The van der Waals surface area contributed by atoms with Gasteiger partial charge >= 0.3 is 0 Å². The van der Waals surface area contributed by atoms with Crippen LogP contribution in [0, 0.1) is 6.92 Å². The van der Waals surface area contributed by atoms with E-state index in [2.05, 4.69) is 5.16 Å². The third-order valence-electron chi connectivity index (χ3n) is 1.97. The number of hydrogen-bond acceptors (Lipinski definition) is 4. The van der Waals surface area contributed by atoms with Crippen LogP contribution in [0.1, 0.15) is 16.1 Å². The largest absolute Gasteiger partial charge is 0.507 e. The van der Waals surface area contributed by atoms with E-state index >= 15 is 0 Å². The smallest absolute Gasteiger partial charge is 0.156 e. The first-order chi connectivity index (χ1) is 6.24. The molecule has 13 heavy (non-hydrogen) atoms. The van der Waals surface area contributed by atoms with Crippen LogP contribution < -0.4 is 0 Å². The van der Waals surface area contributed by atoms with E-state index < -0.39 is 0 Å². The van der Waals surface area contributed by atoms with Gasteiger partial charge in [-0.15, -0.1) is 0 Å². The summed E-state index contributed by atoms with van der Waals surface area (Å²) in [6.07, 6.45) is 0.569. The summed E-state index contributed by atoms with van der Waals surface area (Å²) in [6.45, 7) is 1.75. The van der Waals surface area contributed by atoms with Crippen LogP contribution in [0.15, 0.2) is 16.7 Å². The number of aromatic hydroxyl groups is 1. The van der Waals surface area contributed by atoms with Crippen LogP contribution in [0.4, 0.5) is 0 Å². The average Bonchev–Trinajstić information content (AvgIpc) is 2.48. The highest BCUT2D eigenvalue weighted by molar-refractivity contribution is 5.98. The highest BCUT2D eigenvalue weighted by atomic mass is 16.5. The summed E-state index contributed by atoms with van der Waals surface area (Å²) in [5.41, 5.74) is 0.585. The minimum absolute atomic E-state index is 0.0733. The molecule has 2 aromatic rings. The van der Waals surface area contributed by atoms with Crippen molar-refractivity contribution < 1.29 is 14.4 Å². The van der Waals surface area contributed by atoms with Crippen molar-refractivity contribution in [1.82, 2.24) is 5.16 Å². The molecule has 1 heterocycles. The van der Waals surface area contributed by atoms with E-state index in [0.717, 1.165) is 5.39 Å². The van der Waals surface area contributed by atoms with Gasteiger partial charge in [-0.25, -0.2) is 0 Å². The summed E-state index contributed by atoms with van der Waals surface area (Å²) in [5, 5.41) is 13.7. The maximum absolute atomic E-state index is 10.6. The summed E-state index contributed by atoms with van der Waals surface area (Å²) in [4.78, 5) is 10.6. The zero-order valence-electron chi connectivity index (χ0n) is 6.94. The average molecular weight is 177 g/mol. The van der Waals surface area contributed by atoms with E-state index in [9.17, 15) is 9.90 Å². The van der Waals surface area contributed by atoms with Gasteiger partial charge in [0.1, 0.15) is 17.0 Å². The number of rotatable bonds is 1. The Bertz CT molecular complexity index is 473. The number of nitrogens with zero attached hydrogens (tertiary/aromatic N) is 1. The molecule has 0 aliphatic heterocycles. The van der Waals surface area contributed by atoms with E-state index in [1.807, 2.05) is 0 Å². The SMILES string of the molecule is Cc1onc2c(C=O)c(O)ccc12. The fourth-order valence-electron chi connectivity index (χ4n) is 1.26. The highest BCUT2D eigenvalue weighted by Gasteiger charge is 2.11. The number of carbonyl (C=O) groups excluding carboxylic acids is 1. The lowest BCUT2D eigenvalue weighted by atomic mass is 10.1. The van der Waals surface area contributed by atoms with Crippen molar-refractivity contribution in [1.29, 1.82) is 0 Å². The van der Waals surface area contributed by atoms with Crippen LogP contribution in [0.25, 0.3) is 10.9 Å². The Labute approximate surface area is 73.8 Å². The van der Waals surface area contributed by atoms with Crippen molar-refractivity contribution in [3.63, 3.8) is 0 Å². The van der Waals surface area contributed by atoms with E-state index in [1.165, 1.54) is 6.07 Å². The Hall–Kier alpha value is -1.84. The maximum Gasteiger partial charge on any atom is 0.156 e. The van der Waals surface area contributed by atoms with Gasteiger partial charge in [-0.2, -0.15) is 0 Å². The summed E-state index contributed by atoms with van der Waals surface area (Å²) < 4.78 is 4.89. The van der Waals surface area contributed by atoms with Crippen molar-refractivity contribution in [3.05, 3.63) is 23.5 Å². The predicted octanol–water partition coefficient (Wildman–Crippen LogP) is 1.65. The molecule has 1 N–H and O–H groups in total. The second kappa shape index (κ2) is 2.58. The lowest BCUT2D eigenvalue weighted by Gasteiger charge is -1.95. The first-order valence-electron chi connectivity index (χ1n) is 3.77. The Morgan fingerprint density at radius 3 is 3.00 bits per heavy atom. The lowest BCUT2D eigenvalue weighted by molar-refractivity contribution is 0.112. The second-order valence-electron chi connectivity index (χ2n) is 2.75. The standard InChI is InChI=1S/C9H7NO3/c1-5-6-2-3-8(12)7(4-11)9(6)10-13-5/h2-4,12H,1H3. The zero-order valence-corrected chi connectivity index (χ0v) is 6.94. The first-order valence-corrected chi connectivity index (χ1v) is 3.77. The minimum atomic E-state index is -0.0733. The molecule has 0 aliphatic carbocycles. The molecule has 0 spiro atoms. The van der Waals surface area contributed by atoms with Crippen molar-refractivity contribution in [3.8, 4) is 5.75 Å². The van der Waals surface area contributed by atoms with Crippen molar-refractivity contribution >= 4 is 17.2 Å². The third-order valence-corrected chi connectivity index (χ3v) is 1.97. The number of fused-ring (bicyclic) bond motifs is 1. The summed E-state index contributed by atoms with van der Waals surface area (Å²) in [7, 11) is 0. The van der Waals surface area contributed by atoms with Crippen LogP contribution in [0.2, 0.25) is 0 Å².